The Bertz CT molecular complexity index is 591. The van der Waals surface area contributed by atoms with Crippen LogP contribution in [0.1, 0.15) is 12.8 Å². The van der Waals surface area contributed by atoms with E-state index in [1.165, 1.54) is 12.3 Å². The molecule has 1 saturated heterocycles. The number of hydrogen-bond donors (Lipinski definition) is 1. The topological polar surface area (TPSA) is 102 Å². The molecule has 0 aliphatic carbocycles. The molecule has 0 amide bonds. The lowest BCUT2D eigenvalue weighted by Gasteiger charge is -2.23. The van der Waals surface area contributed by atoms with Gasteiger partial charge in [0.1, 0.15) is 9.84 Å². The van der Waals surface area contributed by atoms with Gasteiger partial charge in [0.2, 0.25) is 5.82 Å². The Balaban J connectivity index is 2.14. The molecule has 7 nitrogen and oxygen atoms in total. The first kappa shape index (κ1) is 14.2. The molecule has 1 aliphatic rings. The van der Waals surface area contributed by atoms with Crippen LogP contribution in [0.25, 0.3) is 0 Å². The molecular formula is C10H12BrN3O4S. The quantitative estimate of drug-likeness (QED) is 0.658. The number of sulfone groups is 1. The van der Waals surface area contributed by atoms with Crippen molar-refractivity contribution in [2.75, 3.05) is 16.8 Å². The van der Waals surface area contributed by atoms with E-state index >= 15 is 0 Å². The third-order valence-electron chi connectivity index (χ3n) is 2.93. The van der Waals surface area contributed by atoms with Crippen LogP contribution in [-0.2, 0) is 9.84 Å². The molecule has 0 radical (unpaired) electrons. The Kier molecular flexibility index (Phi) is 4.04. The number of halogens is 1. The van der Waals surface area contributed by atoms with Crippen LogP contribution in [0.5, 0.6) is 0 Å². The van der Waals surface area contributed by atoms with Gasteiger partial charge in [-0.15, -0.1) is 0 Å². The van der Waals surface area contributed by atoms with Crippen molar-refractivity contribution in [1.82, 2.24) is 4.98 Å². The van der Waals surface area contributed by atoms with Gasteiger partial charge in [0.15, 0.2) is 0 Å². The number of nitrogens with zero attached hydrogens (tertiary/aromatic N) is 2. The fourth-order valence-electron chi connectivity index (χ4n) is 1.91. The Morgan fingerprint density at radius 3 is 2.63 bits per heavy atom. The maximum atomic E-state index is 11.3. The molecule has 0 unspecified atom stereocenters. The standard InChI is InChI=1S/C10H12BrN3O4S/c11-7-5-9(14(15)16)10(12-6-7)13-8-1-3-19(17,18)4-2-8/h5-6,8H,1-4H2,(H,12,13). The zero-order chi connectivity index (χ0) is 14.0. The fraction of sp³-hybridized carbons (Fsp3) is 0.500. The Hall–Kier alpha value is -1.22. The normalized spacial score (nSPS) is 19.0. The molecule has 1 N–H and O–H groups in total. The van der Waals surface area contributed by atoms with E-state index in [0.29, 0.717) is 17.3 Å². The van der Waals surface area contributed by atoms with Crippen LogP contribution < -0.4 is 5.32 Å². The van der Waals surface area contributed by atoms with Crippen LogP contribution in [-0.4, -0.2) is 35.9 Å². The van der Waals surface area contributed by atoms with Gasteiger partial charge in [-0.05, 0) is 28.8 Å². The summed E-state index contributed by atoms with van der Waals surface area (Å²) in [6.07, 6.45) is 2.35. The summed E-state index contributed by atoms with van der Waals surface area (Å²) < 4.78 is 23.1. The predicted octanol–water partition coefficient (Wildman–Crippen LogP) is 1.74. The average Bonchev–Trinajstić information content (AvgIpc) is 2.33. The summed E-state index contributed by atoms with van der Waals surface area (Å²) in [4.78, 5) is 14.4. The van der Waals surface area contributed by atoms with Gasteiger partial charge >= 0.3 is 5.69 Å². The molecule has 0 bridgehead atoms. The van der Waals surface area contributed by atoms with Gasteiger partial charge < -0.3 is 5.32 Å². The van der Waals surface area contributed by atoms with E-state index in [1.807, 2.05) is 0 Å². The van der Waals surface area contributed by atoms with Crippen molar-refractivity contribution in [2.45, 2.75) is 18.9 Å². The van der Waals surface area contributed by atoms with Crippen LogP contribution in [0.3, 0.4) is 0 Å². The van der Waals surface area contributed by atoms with E-state index in [-0.39, 0.29) is 29.1 Å². The maximum absolute atomic E-state index is 11.3. The summed E-state index contributed by atoms with van der Waals surface area (Å²) in [5.41, 5.74) is -0.122. The molecule has 104 valence electrons. The van der Waals surface area contributed by atoms with Crippen molar-refractivity contribution in [2.24, 2.45) is 0 Å². The van der Waals surface area contributed by atoms with Gasteiger partial charge in [-0.3, -0.25) is 10.1 Å². The first-order valence-corrected chi connectivity index (χ1v) is 8.26. The van der Waals surface area contributed by atoms with Gasteiger partial charge in [-0.1, -0.05) is 0 Å². The number of hydrogen-bond acceptors (Lipinski definition) is 6. The number of pyridine rings is 1. The van der Waals surface area contributed by atoms with Crippen molar-refractivity contribution in [3.05, 3.63) is 26.9 Å². The first-order valence-electron chi connectivity index (χ1n) is 5.64. The highest BCUT2D eigenvalue weighted by Gasteiger charge is 2.26. The lowest BCUT2D eigenvalue weighted by molar-refractivity contribution is -0.384. The number of rotatable bonds is 3. The largest absolute Gasteiger partial charge is 0.362 e. The average molecular weight is 350 g/mol. The number of anilines is 1. The highest BCUT2D eigenvalue weighted by atomic mass is 79.9. The fourth-order valence-corrected chi connectivity index (χ4v) is 3.72. The predicted molar refractivity (Wildman–Crippen MR) is 73.9 cm³/mol. The Morgan fingerprint density at radius 2 is 2.05 bits per heavy atom. The van der Waals surface area contributed by atoms with Gasteiger partial charge in [0.05, 0.1) is 16.4 Å². The van der Waals surface area contributed by atoms with Crippen molar-refractivity contribution in [3.8, 4) is 0 Å². The zero-order valence-corrected chi connectivity index (χ0v) is 12.3. The molecular weight excluding hydrogens is 338 g/mol. The molecule has 0 atom stereocenters. The number of nitro groups is 1. The minimum absolute atomic E-state index is 0.101. The smallest absolute Gasteiger partial charge is 0.312 e. The summed E-state index contributed by atoms with van der Waals surface area (Å²) in [5, 5.41) is 13.9. The van der Waals surface area contributed by atoms with Crippen molar-refractivity contribution in [3.63, 3.8) is 0 Å². The third-order valence-corrected chi connectivity index (χ3v) is 5.08. The summed E-state index contributed by atoms with van der Waals surface area (Å²) in [6.45, 7) is 0. The second-order valence-corrected chi connectivity index (χ2v) is 7.57. The molecule has 9 heteroatoms. The SMILES string of the molecule is O=[N+]([O-])c1cc(Br)cnc1NC1CCS(=O)(=O)CC1. The maximum Gasteiger partial charge on any atom is 0.312 e. The molecule has 2 rings (SSSR count). The van der Waals surface area contributed by atoms with Gasteiger partial charge in [-0.25, -0.2) is 13.4 Å². The second-order valence-electron chi connectivity index (χ2n) is 4.35. The van der Waals surface area contributed by atoms with E-state index in [9.17, 15) is 18.5 Å². The molecule has 1 aromatic rings. The molecule has 1 aromatic heterocycles. The van der Waals surface area contributed by atoms with Crippen LogP contribution in [0.4, 0.5) is 11.5 Å². The van der Waals surface area contributed by atoms with E-state index in [1.54, 1.807) is 0 Å². The number of aromatic nitrogens is 1. The molecule has 19 heavy (non-hydrogen) atoms. The Morgan fingerprint density at radius 1 is 1.42 bits per heavy atom. The lowest BCUT2D eigenvalue weighted by atomic mass is 10.1. The highest BCUT2D eigenvalue weighted by Crippen LogP contribution is 2.27. The number of nitrogens with one attached hydrogen (secondary N) is 1. The molecule has 0 saturated carbocycles. The monoisotopic (exact) mass is 349 g/mol. The first-order chi connectivity index (χ1) is 8.87. The minimum atomic E-state index is -2.94. The highest BCUT2D eigenvalue weighted by molar-refractivity contribution is 9.10. The van der Waals surface area contributed by atoms with Crippen molar-refractivity contribution in [1.29, 1.82) is 0 Å². The molecule has 1 fully saturated rings. The minimum Gasteiger partial charge on any atom is -0.362 e. The third kappa shape index (κ3) is 3.63. The summed E-state index contributed by atoms with van der Waals surface area (Å²) in [6, 6.07) is 1.27. The van der Waals surface area contributed by atoms with E-state index < -0.39 is 14.8 Å². The van der Waals surface area contributed by atoms with E-state index in [4.69, 9.17) is 0 Å². The van der Waals surface area contributed by atoms with Crippen molar-refractivity contribution >= 4 is 37.3 Å². The van der Waals surface area contributed by atoms with Crippen LogP contribution >= 0.6 is 15.9 Å². The molecule has 0 aromatic carbocycles. The van der Waals surface area contributed by atoms with Crippen LogP contribution in [0, 0.1) is 10.1 Å². The van der Waals surface area contributed by atoms with Gasteiger partial charge in [0, 0.05) is 22.8 Å². The van der Waals surface area contributed by atoms with Gasteiger partial charge in [-0.2, -0.15) is 0 Å². The molecule has 2 heterocycles. The summed E-state index contributed by atoms with van der Waals surface area (Å²) in [5.74, 6) is 0.391. The molecule has 0 spiro atoms. The summed E-state index contributed by atoms with van der Waals surface area (Å²) >= 11 is 3.13. The zero-order valence-electron chi connectivity index (χ0n) is 9.87. The van der Waals surface area contributed by atoms with Gasteiger partial charge in [0.25, 0.3) is 0 Å². The van der Waals surface area contributed by atoms with Crippen LogP contribution in [0.15, 0.2) is 16.7 Å². The lowest BCUT2D eigenvalue weighted by Crippen LogP contribution is -2.32. The second kappa shape index (κ2) is 5.41. The van der Waals surface area contributed by atoms with E-state index in [2.05, 4.69) is 26.2 Å². The molecule has 1 aliphatic heterocycles. The van der Waals surface area contributed by atoms with Crippen molar-refractivity contribution < 1.29 is 13.3 Å². The summed E-state index contributed by atoms with van der Waals surface area (Å²) in [7, 11) is -2.94. The Labute approximate surface area is 118 Å². The van der Waals surface area contributed by atoms with E-state index in [0.717, 1.165) is 0 Å². The van der Waals surface area contributed by atoms with Crippen LogP contribution in [0.2, 0.25) is 0 Å².